The summed E-state index contributed by atoms with van der Waals surface area (Å²) < 4.78 is 5.79. The second-order valence-corrected chi connectivity index (χ2v) is 5.75. The molecule has 5 heteroatoms. The van der Waals surface area contributed by atoms with Gasteiger partial charge in [-0.05, 0) is 30.3 Å². The number of halogens is 1. The fourth-order valence-electron chi connectivity index (χ4n) is 2.32. The fourth-order valence-corrected chi connectivity index (χ4v) is 2.51. The summed E-state index contributed by atoms with van der Waals surface area (Å²) in [5.41, 5.74) is 1.55. The van der Waals surface area contributed by atoms with Crippen molar-refractivity contribution in [1.82, 2.24) is 0 Å². The van der Waals surface area contributed by atoms with Crippen molar-refractivity contribution in [3.63, 3.8) is 0 Å². The van der Waals surface area contributed by atoms with E-state index in [1.165, 1.54) is 6.07 Å². The summed E-state index contributed by atoms with van der Waals surface area (Å²) in [6.07, 6.45) is 0. The van der Waals surface area contributed by atoms with Crippen molar-refractivity contribution in [1.29, 1.82) is 0 Å². The molecule has 3 aromatic carbocycles. The molecular weight excluding hydrogens is 338 g/mol. The van der Waals surface area contributed by atoms with Gasteiger partial charge in [-0.2, -0.15) is 0 Å². The number of ether oxygens (including phenoxy) is 1. The maximum absolute atomic E-state index is 12.5. The Labute approximate surface area is 150 Å². The molecule has 0 aromatic heterocycles. The number of anilines is 1. The number of carbonyl (C=O) groups is 1. The van der Waals surface area contributed by atoms with Gasteiger partial charge in [0.1, 0.15) is 18.1 Å². The number of rotatable bonds is 5. The van der Waals surface area contributed by atoms with Gasteiger partial charge < -0.3 is 15.2 Å². The predicted octanol–water partition coefficient (Wildman–Crippen LogP) is 4.88. The van der Waals surface area contributed by atoms with Crippen molar-refractivity contribution in [2.45, 2.75) is 6.61 Å². The number of phenols is 1. The lowest BCUT2D eigenvalue weighted by Crippen LogP contribution is -2.13. The number of carbonyl (C=O) groups excluding carboxylic acids is 1. The minimum absolute atomic E-state index is 0.00492. The van der Waals surface area contributed by atoms with Crippen LogP contribution in [0.25, 0.3) is 0 Å². The van der Waals surface area contributed by atoms with E-state index in [-0.39, 0.29) is 18.3 Å². The highest BCUT2D eigenvalue weighted by atomic mass is 35.5. The molecule has 0 aliphatic rings. The Morgan fingerprint density at radius 1 is 0.960 bits per heavy atom. The van der Waals surface area contributed by atoms with Gasteiger partial charge in [0.25, 0.3) is 5.91 Å². The highest BCUT2D eigenvalue weighted by Crippen LogP contribution is 2.26. The van der Waals surface area contributed by atoms with Crippen molar-refractivity contribution in [3.05, 3.63) is 88.9 Å². The van der Waals surface area contributed by atoms with Crippen molar-refractivity contribution in [2.24, 2.45) is 0 Å². The Bertz CT molecular complexity index is 895. The van der Waals surface area contributed by atoms with E-state index in [4.69, 9.17) is 16.3 Å². The first kappa shape index (κ1) is 16.9. The molecule has 3 aromatic rings. The number of nitrogens with one attached hydrogen (secondary N) is 1. The van der Waals surface area contributed by atoms with Crippen LogP contribution in [0, 0.1) is 0 Å². The summed E-state index contributed by atoms with van der Waals surface area (Å²) in [7, 11) is 0. The van der Waals surface area contributed by atoms with Crippen LogP contribution in [-0.2, 0) is 6.61 Å². The number of para-hydroxylation sites is 3. The maximum Gasteiger partial charge on any atom is 0.259 e. The fraction of sp³-hybridized carbons (Fsp3) is 0.0500. The molecule has 0 saturated heterocycles. The van der Waals surface area contributed by atoms with E-state index in [2.05, 4.69) is 5.32 Å². The van der Waals surface area contributed by atoms with E-state index in [0.29, 0.717) is 22.0 Å². The number of phenolic OH excluding ortho intramolecular Hbond substituents is 1. The zero-order valence-electron chi connectivity index (χ0n) is 13.3. The van der Waals surface area contributed by atoms with Crippen LogP contribution in [0.3, 0.4) is 0 Å². The summed E-state index contributed by atoms with van der Waals surface area (Å²) in [6.45, 7) is 0.251. The van der Waals surface area contributed by atoms with Gasteiger partial charge in [0.2, 0.25) is 0 Å². The van der Waals surface area contributed by atoms with Gasteiger partial charge in [-0.25, -0.2) is 0 Å². The molecule has 0 saturated carbocycles. The summed E-state index contributed by atoms with van der Waals surface area (Å²) >= 11 is 6.13. The van der Waals surface area contributed by atoms with Crippen LogP contribution in [0.5, 0.6) is 11.5 Å². The van der Waals surface area contributed by atoms with Crippen LogP contribution in [0.2, 0.25) is 5.02 Å². The summed E-state index contributed by atoms with van der Waals surface area (Å²) in [6, 6.07) is 20.9. The third-order valence-corrected chi connectivity index (χ3v) is 3.99. The first-order valence-electron chi connectivity index (χ1n) is 7.70. The molecule has 1 amide bonds. The first-order chi connectivity index (χ1) is 12.1. The van der Waals surface area contributed by atoms with E-state index in [1.807, 2.05) is 18.2 Å². The lowest BCUT2D eigenvalue weighted by molar-refractivity contribution is 0.102. The molecular formula is C20H16ClNO3. The summed E-state index contributed by atoms with van der Waals surface area (Å²) in [5.74, 6) is 0.0805. The topological polar surface area (TPSA) is 58.6 Å². The van der Waals surface area contributed by atoms with Gasteiger partial charge in [-0.3, -0.25) is 4.79 Å². The van der Waals surface area contributed by atoms with Gasteiger partial charge in [0, 0.05) is 10.6 Å². The van der Waals surface area contributed by atoms with Crippen LogP contribution in [0.15, 0.2) is 72.8 Å². The first-order valence-corrected chi connectivity index (χ1v) is 8.07. The Balaban J connectivity index is 1.77. The molecule has 0 bridgehead atoms. The second kappa shape index (κ2) is 7.73. The predicted molar refractivity (Wildman–Crippen MR) is 98.3 cm³/mol. The molecule has 3 rings (SSSR count). The van der Waals surface area contributed by atoms with Crippen molar-refractivity contribution < 1.29 is 14.6 Å². The quantitative estimate of drug-likeness (QED) is 0.643. The summed E-state index contributed by atoms with van der Waals surface area (Å²) in [4.78, 5) is 12.5. The molecule has 126 valence electrons. The largest absolute Gasteiger partial charge is 0.506 e. The molecule has 0 spiro atoms. The van der Waals surface area contributed by atoms with Gasteiger partial charge in [-0.15, -0.1) is 0 Å². The minimum Gasteiger partial charge on any atom is -0.506 e. The van der Waals surface area contributed by atoms with Crippen molar-refractivity contribution in [2.75, 3.05) is 5.32 Å². The number of hydrogen-bond donors (Lipinski definition) is 2. The van der Waals surface area contributed by atoms with Crippen LogP contribution < -0.4 is 10.1 Å². The molecule has 0 aliphatic heterocycles. The van der Waals surface area contributed by atoms with Crippen molar-refractivity contribution in [3.8, 4) is 11.5 Å². The number of aromatic hydroxyl groups is 1. The third-order valence-electron chi connectivity index (χ3n) is 3.62. The molecule has 2 N–H and O–H groups in total. The minimum atomic E-state index is -0.365. The average Bonchev–Trinajstić information content (AvgIpc) is 2.63. The van der Waals surface area contributed by atoms with E-state index in [1.54, 1.807) is 48.5 Å². The zero-order chi connectivity index (χ0) is 17.6. The molecule has 0 unspecified atom stereocenters. The van der Waals surface area contributed by atoms with Gasteiger partial charge in [0.05, 0.1) is 11.3 Å². The van der Waals surface area contributed by atoms with E-state index >= 15 is 0 Å². The Kier molecular flexibility index (Phi) is 5.21. The van der Waals surface area contributed by atoms with Gasteiger partial charge in [0.15, 0.2) is 0 Å². The van der Waals surface area contributed by atoms with E-state index < -0.39 is 0 Å². The lowest BCUT2D eigenvalue weighted by Gasteiger charge is -2.13. The summed E-state index contributed by atoms with van der Waals surface area (Å²) in [5, 5.41) is 13.1. The Morgan fingerprint density at radius 2 is 1.64 bits per heavy atom. The molecule has 0 radical (unpaired) electrons. The molecule has 0 heterocycles. The average molecular weight is 354 g/mol. The van der Waals surface area contributed by atoms with Gasteiger partial charge in [-0.1, -0.05) is 54.1 Å². The number of amides is 1. The van der Waals surface area contributed by atoms with E-state index in [0.717, 1.165) is 5.56 Å². The standard InChI is InChI=1S/C20H16ClNO3/c21-16-9-3-1-7-14(16)13-25-19-12-6-2-8-15(19)20(24)22-17-10-4-5-11-18(17)23/h1-12,23H,13H2,(H,22,24). The van der Waals surface area contributed by atoms with E-state index in [9.17, 15) is 9.90 Å². The third kappa shape index (κ3) is 4.11. The zero-order valence-corrected chi connectivity index (χ0v) is 14.0. The highest BCUT2D eigenvalue weighted by molar-refractivity contribution is 6.31. The van der Waals surface area contributed by atoms with Gasteiger partial charge >= 0.3 is 0 Å². The normalized spacial score (nSPS) is 10.3. The molecule has 0 aliphatic carbocycles. The monoisotopic (exact) mass is 353 g/mol. The molecule has 0 fully saturated rings. The lowest BCUT2D eigenvalue weighted by atomic mass is 10.1. The second-order valence-electron chi connectivity index (χ2n) is 5.35. The SMILES string of the molecule is O=C(Nc1ccccc1O)c1ccccc1OCc1ccccc1Cl. The number of benzene rings is 3. The molecule has 25 heavy (non-hydrogen) atoms. The van der Waals surface area contributed by atoms with Crippen molar-refractivity contribution >= 4 is 23.2 Å². The van der Waals surface area contributed by atoms with Crippen LogP contribution in [0.4, 0.5) is 5.69 Å². The maximum atomic E-state index is 12.5. The number of hydrogen-bond acceptors (Lipinski definition) is 3. The smallest absolute Gasteiger partial charge is 0.259 e. The Hall–Kier alpha value is -2.98. The van der Waals surface area contributed by atoms with Crippen LogP contribution >= 0.6 is 11.6 Å². The molecule has 0 atom stereocenters. The van der Waals surface area contributed by atoms with Crippen LogP contribution in [0.1, 0.15) is 15.9 Å². The Morgan fingerprint density at radius 3 is 2.44 bits per heavy atom. The highest BCUT2D eigenvalue weighted by Gasteiger charge is 2.14. The van der Waals surface area contributed by atoms with Crippen LogP contribution in [-0.4, -0.2) is 11.0 Å². The molecule has 4 nitrogen and oxygen atoms in total.